The summed E-state index contributed by atoms with van der Waals surface area (Å²) in [5.41, 5.74) is 1.09. The number of hydrogen-bond acceptors (Lipinski definition) is 5. The number of aromatic amines is 1. The Morgan fingerprint density at radius 3 is 2.55 bits per heavy atom. The van der Waals surface area contributed by atoms with Crippen LogP contribution in [-0.4, -0.2) is 42.7 Å². The van der Waals surface area contributed by atoms with Crippen molar-refractivity contribution in [3.05, 3.63) is 11.4 Å². The summed E-state index contributed by atoms with van der Waals surface area (Å²) < 4.78 is 27.4. The van der Waals surface area contributed by atoms with Gasteiger partial charge < -0.3 is 5.32 Å². The molecule has 1 heterocycles. The summed E-state index contributed by atoms with van der Waals surface area (Å²) in [6.45, 7) is 8.55. The number of hydrogen-bond donors (Lipinski definition) is 3. The van der Waals surface area contributed by atoms with E-state index in [2.05, 4.69) is 20.2 Å². The van der Waals surface area contributed by atoms with Gasteiger partial charge in [-0.25, -0.2) is 13.1 Å². The second-order valence-corrected chi connectivity index (χ2v) is 8.04. The number of thioether (sulfide) groups is 1. The van der Waals surface area contributed by atoms with Gasteiger partial charge in [-0.3, -0.25) is 5.10 Å². The SMILES string of the molecule is CSC(C)CNS(=O)(=O)c1c(CNC(C)C)n[nH]c1C. The molecule has 0 amide bonds. The first-order chi connectivity index (χ1) is 9.27. The molecule has 1 unspecified atom stereocenters. The average Bonchev–Trinajstić information content (AvgIpc) is 2.75. The van der Waals surface area contributed by atoms with Crippen molar-refractivity contribution in [2.45, 2.75) is 50.4 Å². The molecule has 1 atom stereocenters. The van der Waals surface area contributed by atoms with E-state index < -0.39 is 10.0 Å². The third kappa shape index (κ3) is 4.76. The van der Waals surface area contributed by atoms with Crippen LogP contribution >= 0.6 is 11.8 Å². The molecule has 0 radical (unpaired) electrons. The molecule has 0 saturated carbocycles. The van der Waals surface area contributed by atoms with E-state index >= 15 is 0 Å². The van der Waals surface area contributed by atoms with E-state index in [0.29, 0.717) is 24.5 Å². The van der Waals surface area contributed by atoms with Crippen LogP contribution in [0.4, 0.5) is 0 Å². The van der Waals surface area contributed by atoms with E-state index in [-0.39, 0.29) is 16.2 Å². The lowest BCUT2D eigenvalue weighted by molar-refractivity contribution is 0.563. The minimum absolute atomic E-state index is 0.231. The lowest BCUT2D eigenvalue weighted by atomic mass is 10.3. The smallest absolute Gasteiger partial charge is 0.244 e. The van der Waals surface area contributed by atoms with Gasteiger partial charge in [0.25, 0.3) is 0 Å². The summed E-state index contributed by atoms with van der Waals surface area (Å²) >= 11 is 1.62. The lowest BCUT2D eigenvalue weighted by Gasteiger charge is -2.12. The first kappa shape index (κ1) is 17.5. The standard InChI is InChI=1S/C12H24N4O2S2/c1-8(2)13-7-11-12(10(4)15-16-11)20(17,18)14-6-9(3)19-5/h8-9,13-14H,6-7H2,1-5H3,(H,15,16). The highest BCUT2D eigenvalue weighted by Crippen LogP contribution is 2.18. The van der Waals surface area contributed by atoms with Crippen molar-refractivity contribution in [1.29, 1.82) is 0 Å². The molecule has 0 aliphatic carbocycles. The summed E-state index contributed by atoms with van der Waals surface area (Å²) in [6, 6.07) is 0.270. The number of sulfonamides is 1. The van der Waals surface area contributed by atoms with Crippen molar-refractivity contribution < 1.29 is 8.42 Å². The van der Waals surface area contributed by atoms with Crippen LogP contribution in [0, 0.1) is 6.92 Å². The van der Waals surface area contributed by atoms with Gasteiger partial charge in [-0.05, 0) is 13.2 Å². The van der Waals surface area contributed by atoms with Crippen molar-refractivity contribution in [3.63, 3.8) is 0 Å². The highest BCUT2D eigenvalue weighted by atomic mass is 32.2. The Labute approximate surface area is 125 Å². The Balaban J connectivity index is 2.90. The third-order valence-corrected chi connectivity index (χ3v) is 5.47. The number of rotatable bonds is 8. The zero-order valence-electron chi connectivity index (χ0n) is 12.6. The molecule has 1 aromatic heterocycles. The van der Waals surface area contributed by atoms with Crippen LogP contribution in [0.15, 0.2) is 4.90 Å². The molecule has 116 valence electrons. The fraction of sp³-hybridized carbons (Fsp3) is 0.750. The Bertz CT molecular complexity index is 526. The maximum Gasteiger partial charge on any atom is 0.244 e. The fourth-order valence-corrected chi connectivity index (χ4v) is 3.48. The summed E-state index contributed by atoms with van der Waals surface area (Å²) in [5, 5.41) is 10.3. The van der Waals surface area contributed by atoms with E-state index in [4.69, 9.17) is 0 Å². The van der Waals surface area contributed by atoms with Gasteiger partial charge in [0, 0.05) is 24.4 Å². The monoisotopic (exact) mass is 320 g/mol. The van der Waals surface area contributed by atoms with E-state index in [1.165, 1.54) is 0 Å². The second-order valence-electron chi connectivity index (χ2n) is 5.06. The molecule has 1 aromatic rings. The largest absolute Gasteiger partial charge is 0.309 e. The highest BCUT2D eigenvalue weighted by Gasteiger charge is 2.24. The van der Waals surface area contributed by atoms with Gasteiger partial charge in [0.2, 0.25) is 10.0 Å². The first-order valence-electron chi connectivity index (χ1n) is 6.57. The number of nitrogens with zero attached hydrogens (tertiary/aromatic N) is 1. The molecule has 0 aliphatic heterocycles. The molecular weight excluding hydrogens is 296 g/mol. The quantitative estimate of drug-likeness (QED) is 0.671. The summed E-state index contributed by atoms with van der Waals surface area (Å²) in [6.07, 6.45) is 1.96. The topological polar surface area (TPSA) is 86.9 Å². The number of aromatic nitrogens is 2. The third-order valence-electron chi connectivity index (χ3n) is 2.87. The van der Waals surface area contributed by atoms with Crippen LogP contribution < -0.4 is 10.0 Å². The van der Waals surface area contributed by atoms with Crippen molar-refractivity contribution in [3.8, 4) is 0 Å². The van der Waals surface area contributed by atoms with Crippen molar-refractivity contribution in [2.75, 3.05) is 12.8 Å². The van der Waals surface area contributed by atoms with Gasteiger partial charge in [0.1, 0.15) is 4.90 Å². The number of aryl methyl sites for hydroxylation is 1. The van der Waals surface area contributed by atoms with Crippen molar-refractivity contribution in [2.24, 2.45) is 0 Å². The molecule has 1 rings (SSSR count). The number of nitrogens with one attached hydrogen (secondary N) is 3. The zero-order chi connectivity index (χ0) is 15.3. The number of H-pyrrole nitrogens is 1. The van der Waals surface area contributed by atoms with Gasteiger partial charge >= 0.3 is 0 Å². The molecule has 8 heteroatoms. The van der Waals surface area contributed by atoms with Crippen LogP contribution in [0.25, 0.3) is 0 Å². The maximum atomic E-state index is 12.4. The van der Waals surface area contributed by atoms with E-state index in [9.17, 15) is 8.42 Å². The van der Waals surface area contributed by atoms with E-state index in [0.717, 1.165) is 0 Å². The van der Waals surface area contributed by atoms with Gasteiger partial charge in [-0.1, -0.05) is 20.8 Å². The van der Waals surface area contributed by atoms with Crippen LogP contribution in [-0.2, 0) is 16.6 Å². The van der Waals surface area contributed by atoms with Gasteiger partial charge in [-0.2, -0.15) is 16.9 Å². The molecule has 0 fully saturated rings. The zero-order valence-corrected chi connectivity index (χ0v) is 14.3. The second kappa shape index (κ2) is 7.44. The molecule has 6 nitrogen and oxygen atoms in total. The molecule has 20 heavy (non-hydrogen) atoms. The summed E-state index contributed by atoms with van der Waals surface area (Å²) in [4.78, 5) is 0.263. The predicted molar refractivity (Wildman–Crippen MR) is 83.5 cm³/mol. The fourth-order valence-electron chi connectivity index (χ4n) is 1.63. The average molecular weight is 320 g/mol. The molecule has 0 bridgehead atoms. The normalized spacial score (nSPS) is 13.9. The summed E-state index contributed by atoms with van der Waals surface area (Å²) in [7, 11) is -3.53. The molecular formula is C12H24N4O2S2. The minimum Gasteiger partial charge on any atom is -0.309 e. The van der Waals surface area contributed by atoms with Gasteiger partial charge in [0.15, 0.2) is 0 Å². The van der Waals surface area contributed by atoms with Crippen LogP contribution in [0.2, 0.25) is 0 Å². The summed E-state index contributed by atoms with van der Waals surface area (Å²) in [5.74, 6) is 0. The van der Waals surface area contributed by atoms with Crippen LogP contribution in [0.1, 0.15) is 32.2 Å². The van der Waals surface area contributed by atoms with Crippen molar-refractivity contribution in [1.82, 2.24) is 20.2 Å². The molecule has 0 aliphatic rings. The van der Waals surface area contributed by atoms with E-state index in [1.807, 2.05) is 27.0 Å². The Morgan fingerprint density at radius 2 is 2.00 bits per heavy atom. The lowest BCUT2D eigenvalue weighted by Crippen LogP contribution is -2.31. The molecule has 0 spiro atoms. The van der Waals surface area contributed by atoms with Crippen molar-refractivity contribution >= 4 is 21.8 Å². The van der Waals surface area contributed by atoms with Crippen LogP contribution in [0.5, 0.6) is 0 Å². The predicted octanol–water partition coefficient (Wildman–Crippen LogP) is 1.25. The first-order valence-corrected chi connectivity index (χ1v) is 9.34. The molecule has 3 N–H and O–H groups in total. The Kier molecular flexibility index (Phi) is 6.50. The Morgan fingerprint density at radius 1 is 1.35 bits per heavy atom. The van der Waals surface area contributed by atoms with E-state index in [1.54, 1.807) is 18.7 Å². The molecule has 0 saturated heterocycles. The van der Waals surface area contributed by atoms with Crippen LogP contribution in [0.3, 0.4) is 0 Å². The minimum atomic E-state index is -3.53. The van der Waals surface area contributed by atoms with Gasteiger partial charge in [-0.15, -0.1) is 0 Å². The van der Waals surface area contributed by atoms with Gasteiger partial charge in [0.05, 0.1) is 11.4 Å². The maximum absolute atomic E-state index is 12.4. The Hall–Kier alpha value is -0.570. The highest BCUT2D eigenvalue weighted by molar-refractivity contribution is 7.99. The molecule has 0 aromatic carbocycles.